The van der Waals surface area contributed by atoms with Crippen LogP contribution < -0.4 is 0 Å². The molecule has 0 atom stereocenters. The number of fused-ring (bicyclic) bond motifs is 2. The predicted molar refractivity (Wildman–Crippen MR) is 286 cm³/mol. The Balaban J connectivity index is 0.000000258. The molecule has 8 amide bonds. The molecular formula is C56H100N8O13. The van der Waals surface area contributed by atoms with E-state index in [0.717, 1.165) is 113 Å². The van der Waals surface area contributed by atoms with E-state index in [-0.39, 0.29) is 69.5 Å². The molecule has 0 spiro atoms. The van der Waals surface area contributed by atoms with Crippen LogP contribution in [0, 0.1) is 29.6 Å². The largest absolute Gasteiger partial charge is 0.393 e. The molecule has 4 aliphatic heterocycles. The average Bonchev–Trinajstić information content (AvgIpc) is 4.20. The number of aliphatic hydroxyl groups excluding tert-OH is 5. The van der Waals surface area contributed by atoms with Gasteiger partial charge in [0.2, 0.25) is 0 Å². The second-order valence-corrected chi connectivity index (χ2v) is 23.6. The van der Waals surface area contributed by atoms with Crippen LogP contribution in [0.15, 0.2) is 0 Å². The van der Waals surface area contributed by atoms with E-state index in [1.807, 2.05) is 0 Å². The second-order valence-electron chi connectivity index (χ2n) is 23.6. The Hall–Kier alpha value is -3.28. The molecule has 442 valence electrons. The van der Waals surface area contributed by atoms with E-state index in [0.29, 0.717) is 0 Å². The van der Waals surface area contributed by atoms with Crippen LogP contribution in [0.1, 0.15) is 195 Å². The lowest BCUT2D eigenvalue weighted by Crippen LogP contribution is -2.49. The second kappa shape index (κ2) is 30.0. The van der Waals surface area contributed by atoms with Crippen molar-refractivity contribution in [3.05, 3.63) is 0 Å². The number of amides is 8. The maximum atomic E-state index is 14.5. The van der Waals surface area contributed by atoms with Gasteiger partial charge in [-0.1, -0.05) is 66.7 Å². The minimum atomic E-state index is -0.945. The molecule has 21 heteroatoms. The van der Waals surface area contributed by atoms with Gasteiger partial charge in [-0.25, -0.2) is 19.2 Å². The van der Waals surface area contributed by atoms with E-state index in [1.54, 1.807) is 19.6 Å². The van der Waals surface area contributed by atoms with Gasteiger partial charge in [0.05, 0.1) is 30.5 Å². The SMILES string of the molecule is CCC1CCC(O)CC1.CCC1CCC(OCN2C(=O)N(COC3CCC(CC)CC3)C3C2N(COC2CCC(CC)CC2)C(=O)N3COC2CCC(CC)CC2)CC1.O=C1N(CO)C2C(N1CO)N(CO)C(=O)N2CO. The van der Waals surface area contributed by atoms with Crippen molar-refractivity contribution in [1.82, 2.24) is 39.2 Å². The minimum absolute atomic E-state index is 0.0211. The quantitative estimate of drug-likeness (QED) is 0.0741. The van der Waals surface area contributed by atoms with E-state index in [9.17, 15) is 19.2 Å². The number of hydrogen-bond donors (Lipinski definition) is 5. The van der Waals surface area contributed by atoms with Gasteiger partial charge in [-0.15, -0.1) is 0 Å². The van der Waals surface area contributed by atoms with Crippen molar-refractivity contribution in [1.29, 1.82) is 0 Å². The van der Waals surface area contributed by atoms with Crippen LogP contribution in [0.5, 0.6) is 0 Å². The Kier molecular flexibility index (Phi) is 23.9. The molecule has 0 bridgehead atoms. The van der Waals surface area contributed by atoms with Crippen LogP contribution in [0.3, 0.4) is 0 Å². The molecule has 4 saturated heterocycles. The zero-order chi connectivity index (χ0) is 55.2. The minimum Gasteiger partial charge on any atom is -0.393 e. The molecule has 0 unspecified atom stereocenters. The summed E-state index contributed by atoms with van der Waals surface area (Å²) in [5.41, 5.74) is 0. The number of hydrogen-bond acceptors (Lipinski definition) is 13. The summed E-state index contributed by atoms with van der Waals surface area (Å²) in [7, 11) is 0. The van der Waals surface area contributed by atoms with Gasteiger partial charge < -0.3 is 44.5 Å². The van der Waals surface area contributed by atoms with Crippen molar-refractivity contribution in [2.75, 3.05) is 53.8 Å². The van der Waals surface area contributed by atoms with Crippen molar-refractivity contribution < 1.29 is 63.7 Å². The summed E-state index contributed by atoms with van der Waals surface area (Å²) in [4.78, 5) is 63.4. The zero-order valence-electron chi connectivity index (χ0n) is 47.5. The zero-order valence-corrected chi connectivity index (χ0v) is 47.5. The van der Waals surface area contributed by atoms with Crippen molar-refractivity contribution >= 4 is 24.1 Å². The van der Waals surface area contributed by atoms with E-state index < -0.39 is 63.6 Å². The highest BCUT2D eigenvalue weighted by molar-refractivity contribution is 5.85. The van der Waals surface area contributed by atoms with Gasteiger partial charge in [-0.3, -0.25) is 39.2 Å². The Morgan fingerprint density at radius 2 is 0.494 bits per heavy atom. The predicted octanol–water partition coefficient (Wildman–Crippen LogP) is 7.75. The summed E-state index contributed by atoms with van der Waals surface area (Å²) in [6.07, 6.45) is 25.9. The summed E-state index contributed by atoms with van der Waals surface area (Å²) in [6, 6.07) is -1.61. The van der Waals surface area contributed by atoms with Gasteiger partial charge in [0.15, 0.2) is 24.7 Å². The highest BCUT2D eigenvalue weighted by Crippen LogP contribution is 2.40. The van der Waals surface area contributed by atoms with Crippen molar-refractivity contribution in [2.45, 2.75) is 250 Å². The number of carbonyl (C=O) groups is 4. The van der Waals surface area contributed by atoms with Crippen LogP contribution in [-0.4, -0.2) is 198 Å². The Bertz CT molecular complexity index is 1580. The van der Waals surface area contributed by atoms with Crippen LogP contribution in [0.2, 0.25) is 0 Å². The smallest absolute Gasteiger partial charge is 0.327 e. The molecular weight excluding hydrogens is 993 g/mol. The summed E-state index contributed by atoms with van der Waals surface area (Å²) < 4.78 is 26.1. The Morgan fingerprint density at radius 3 is 0.688 bits per heavy atom. The first-order valence-corrected chi connectivity index (χ1v) is 30.2. The average molecular weight is 1090 g/mol. The summed E-state index contributed by atoms with van der Waals surface area (Å²) in [6.45, 7) is 9.33. The normalized spacial score (nSPS) is 34.6. The fourth-order valence-electron chi connectivity index (χ4n) is 13.8. The van der Waals surface area contributed by atoms with Crippen molar-refractivity contribution in [3.63, 3.8) is 0 Å². The van der Waals surface area contributed by atoms with Crippen LogP contribution in [-0.2, 0) is 18.9 Å². The molecule has 0 radical (unpaired) electrons. The van der Waals surface area contributed by atoms with Crippen molar-refractivity contribution in [2.24, 2.45) is 29.6 Å². The van der Waals surface area contributed by atoms with Gasteiger partial charge in [0.1, 0.15) is 53.8 Å². The van der Waals surface area contributed by atoms with Crippen molar-refractivity contribution in [3.8, 4) is 0 Å². The summed E-state index contributed by atoms with van der Waals surface area (Å²) >= 11 is 0. The molecule has 5 N–H and O–H groups in total. The van der Waals surface area contributed by atoms with Gasteiger partial charge in [0.25, 0.3) is 0 Å². The van der Waals surface area contributed by atoms with E-state index >= 15 is 0 Å². The molecule has 9 rings (SSSR count). The fourth-order valence-corrected chi connectivity index (χ4v) is 13.8. The molecule has 4 heterocycles. The summed E-state index contributed by atoms with van der Waals surface area (Å²) in [5, 5.41) is 45.7. The fraction of sp³-hybridized carbons (Fsp3) is 0.929. The maximum Gasteiger partial charge on any atom is 0.327 e. The van der Waals surface area contributed by atoms with E-state index in [1.165, 1.54) is 96.3 Å². The number of carbonyl (C=O) groups excluding carboxylic acids is 4. The maximum absolute atomic E-state index is 14.5. The molecule has 77 heavy (non-hydrogen) atoms. The lowest BCUT2D eigenvalue weighted by molar-refractivity contribution is -0.0845. The number of aliphatic hydroxyl groups is 5. The molecule has 0 aromatic rings. The van der Waals surface area contributed by atoms with Gasteiger partial charge in [-0.05, 0) is 158 Å². The monoisotopic (exact) mass is 1090 g/mol. The van der Waals surface area contributed by atoms with E-state index in [2.05, 4.69) is 34.6 Å². The summed E-state index contributed by atoms with van der Waals surface area (Å²) in [5.74, 6) is 3.99. The third-order valence-electron chi connectivity index (χ3n) is 19.3. The third-order valence-corrected chi connectivity index (χ3v) is 19.3. The highest BCUT2D eigenvalue weighted by Gasteiger charge is 2.61. The molecule has 5 aliphatic carbocycles. The molecule has 9 aliphatic rings. The molecule has 5 saturated carbocycles. The molecule has 0 aromatic heterocycles. The lowest BCUT2D eigenvalue weighted by atomic mass is 9.86. The first kappa shape index (κ1) is 61.3. The van der Waals surface area contributed by atoms with Crippen LogP contribution in [0.4, 0.5) is 19.2 Å². The number of rotatable bonds is 21. The first-order chi connectivity index (χ1) is 37.4. The number of ether oxygens (including phenoxy) is 4. The van der Waals surface area contributed by atoms with Gasteiger partial charge in [0, 0.05) is 0 Å². The van der Waals surface area contributed by atoms with Gasteiger partial charge >= 0.3 is 24.1 Å². The number of urea groups is 4. The topological polar surface area (TPSA) is 232 Å². The molecule has 0 aromatic carbocycles. The van der Waals surface area contributed by atoms with Crippen LogP contribution >= 0.6 is 0 Å². The van der Waals surface area contributed by atoms with Crippen LogP contribution in [0.25, 0.3) is 0 Å². The molecule has 9 fully saturated rings. The Morgan fingerprint density at radius 1 is 0.312 bits per heavy atom. The van der Waals surface area contributed by atoms with Gasteiger partial charge in [-0.2, -0.15) is 0 Å². The molecule has 21 nitrogen and oxygen atoms in total. The lowest BCUT2D eigenvalue weighted by Gasteiger charge is -2.34. The number of nitrogens with zero attached hydrogens (tertiary/aromatic N) is 8. The van der Waals surface area contributed by atoms with E-state index in [4.69, 9.17) is 44.5 Å². The third kappa shape index (κ3) is 14.8. The highest BCUT2D eigenvalue weighted by atomic mass is 16.5. The standard InChI is InChI=1S/C40H70N4O6.C8H14N4O6.C8H16O/c1-5-29-9-17-33(18-10-29)47-25-41-37-38(43(39(41)45)27-49-35-21-13-31(7-3)14-22-35)44(28-50-36-23-15-32(8-4)16-24-36)40(46)42(37)26-48-34-19-11-30(6-2)12-20-34;13-1-9-5-6(11(3-15)7(9)17)12(4-16)8(18)10(5)2-14;1-2-7-3-5-8(9)6-4-7/h29-38H,5-28H2,1-4H3;5-6,13-16H,1-4H2;7-9H,2-6H2,1H3. The Labute approximate surface area is 459 Å². The first-order valence-electron chi connectivity index (χ1n) is 30.2.